The lowest BCUT2D eigenvalue weighted by Gasteiger charge is -2.25. The molecule has 8 heteroatoms. The summed E-state index contributed by atoms with van der Waals surface area (Å²) in [6, 6.07) is 11.4. The first-order chi connectivity index (χ1) is 15.2. The molecule has 5 rings (SSSR count). The number of amides is 1. The van der Waals surface area contributed by atoms with Crippen molar-refractivity contribution in [1.29, 1.82) is 0 Å². The Morgan fingerprint density at radius 3 is 2.42 bits per heavy atom. The summed E-state index contributed by atoms with van der Waals surface area (Å²) in [4.78, 5) is 28.0. The Kier molecular flexibility index (Phi) is 5.03. The summed E-state index contributed by atoms with van der Waals surface area (Å²) in [6.45, 7) is 1.55. The van der Waals surface area contributed by atoms with Gasteiger partial charge in [-0.05, 0) is 49.6 Å². The van der Waals surface area contributed by atoms with Gasteiger partial charge in [-0.15, -0.1) is 0 Å². The molecule has 4 aromatic rings. The highest BCUT2D eigenvalue weighted by Gasteiger charge is 2.22. The highest BCUT2D eigenvalue weighted by Crippen LogP contribution is 2.27. The second-order valence-electron chi connectivity index (χ2n) is 7.53. The minimum Gasteiger partial charge on any atom is -0.497 e. The number of aromatic nitrogens is 5. The van der Waals surface area contributed by atoms with E-state index in [1.165, 1.54) is 12.7 Å². The Bertz CT molecular complexity index is 1210. The largest absolute Gasteiger partial charge is 0.497 e. The normalized spacial score (nSPS) is 14.0. The minimum absolute atomic E-state index is 0.0496. The number of hydrogen-bond donors (Lipinski definition) is 0. The number of nitrogens with zero attached hydrogens (tertiary/aromatic N) is 6. The standard InChI is InChI=1S/C23H22N6O2/c1-31-18-7-5-16(6-8-18)19-11-21(17-13-24-15-25-14-17)29-22(26-19)12-20(27-29)23(30)28-9-3-2-4-10-28/h5-8,11-15H,2-4,9-10H2,1H3. The van der Waals surface area contributed by atoms with Gasteiger partial charge in [0, 0.05) is 42.7 Å². The van der Waals surface area contributed by atoms with Gasteiger partial charge in [-0.3, -0.25) is 4.79 Å². The molecule has 0 N–H and O–H groups in total. The number of piperidine rings is 1. The van der Waals surface area contributed by atoms with E-state index < -0.39 is 0 Å². The molecular weight excluding hydrogens is 392 g/mol. The van der Waals surface area contributed by atoms with E-state index in [0.717, 1.165) is 54.2 Å². The first kappa shape index (κ1) is 19.2. The molecule has 1 saturated heterocycles. The van der Waals surface area contributed by atoms with Crippen LogP contribution in [0.4, 0.5) is 0 Å². The van der Waals surface area contributed by atoms with Gasteiger partial charge in [0.15, 0.2) is 11.3 Å². The van der Waals surface area contributed by atoms with Gasteiger partial charge in [-0.2, -0.15) is 5.10 Å². The number of carbonyl (C=O) groups excluding carboxylic acids is 1. The predicted octanol–water partition coefficient (Wildman–Crippen LogP) is 3.49. The third-order valence-electron chi connectivity index (χ3n) is 5.53. The van der Waals surface area contributed by atoms with Crippen LogP contribution in [0.3, 0.4) is 0 Å². The fourth-order valence-corrected chi connectivity index (χ4v) is 3.88. The van der Waals surface area contributed by atoms with Gasteiger partial charge < -0.3 is 9.64 Å². The van der Waals surface area contributed by atoms with Crippen LogP contribution in [-0.4, -0.2) is 55.6 Å². The van der Waals surface area contributed by atoms with Crippen molar-refractivity contribution in [3.63, 3.8) is 0 Å². The molecule has 8 nitrogen and oxygen atoms in total. The minimum atomic E-state index is -0.0496. The summed E-state index contributed by atoms with van der Waals surface area (Å²) in [7, 11) is 1.64. The van der Waals surface area contributed by atoms with Crippen molar-refractivity contribution < 1.29 is 9.53 Å². The quantitative estimate of drug-likeness (QED) is 0.508. The molecule has 4 heterocycles. The zero-order chi connectivity index (χ0) is 21.2. The summed E-state index contributed by atoms with van der Waals surface area (Å²) in [5.74, 6) is 0.728. The SMILES string of the molecule is COc1ccc(-c2cc(-c3cncnc3)n3nc(C(=O)N4CCCCC4)cc3n2)cc1. The van der Waals surface area contributed by atoms with Crippen molar-refractivity contribution in [2.24, 2.45) is 0 Å². The number of ether oxygens (including phenoxy) is 1. The Hall–Kier alpha value is -3.81. The third-order valence-corrected chi connectivity index (χ3v) is 5.53. The molecule has 1 fully saturated rings. The fraction of sp³-hybridized carbons (Fsp3) is 0.261. The molecule has 0 atom stereocenters. The van der Waals surface area contributed by atoms with Gasteiger partial charge in [0.25, 0.3) is 5.91 Å². The van der Waals surface area contributed by atoms with Crippen LogP contribution in [0, 0.1) is 0 Å². The van der Waals surface area contributed by atoms with Crippen molar-refractivity contribution >= 4 is 11.6 Å². The van der Waals surface area contributed by atoms with Gasteiger partial charge in [0.05, 0.1) is 18.5 Å². The highest BCUT2D eigenvalue weighted by atomic mass is 16.5. The smallest absolute Gasteiger partial charge is 0.274 e. The van der Waals surface area contributed by atoms with Gasteiger partial charge in [-0.25, -0.2) is 19.5 Å². The van der Waals surface area contributed by atoms with E-state index in [4.69, 9.17) is 9.72 Å². The van der Waals surface area contributed by atoms with Crippen molar-refractivity contribution in [1.82, 2.24) is 29.5 Å². The predicted molar refractivity (Wildman–Crippen MR) is 116 cm³/mol. The second kappa shape index (κ2) is 8.14. The van der Waals surface area contributed by atoms with E-state index in [-0.39, 0.29) is 5.91 Å². The highest BCUT2D eigenvalue weighted by molar-refractivity contribution is 5.93. The summed E-state index contributed by atoms with van der Waals surface area (Å²) < 4.78 is 6.96. The van der Waals surface area contributed by atoms with Crippen LogP contribution in [0.1, 0.15) is 29.8 Å². The lowest BCUT2D eigenvalue weighted by molar-refractivity contribution is 0.0718. The Morgan fingerprint density at radius 1 is 0.968 bits per heavy atom. The Morgan fingerprint density at radius 2 is 1.71 bits per heavy atom. The molecule has 1 amide bonds. The molecule has 1 aliphatic heterocycles. The van der Waals surface area contributed by atoms with Crippen molar-refractivity contribution in [3.05, 3.63) is 60.8 Å². The topological polar surface area (TPSA) is 85.5 Å². The number of likely N-dealkylation sites (tertiary alicyclic amines) is 1. The molecule has 0 aliphatic carbocycles. The number of rotatable bonds is 4. The van der Waals surface area contributed by atoms with Gasteiger partial charge in [-0.1, -0.05) is 0 Å². The van der Waals surface area contributed by atoms with Crippen molar-refractivity contribution in [2.45, 2.75) is 19.3 Å². The molecule has 31 heavy (non-hydrogen) atoms. The van der Waals surface area contributed by atoms with E-state index in [9.17, 15) is 4.79 Å². The van der Waals surface area contributed by atoms with Crippen LogP contribution in [0.15, 0.2) is 55.1 Å². The summed E-state index contributed by atoms with van der Waals surface area (Å²) in [5, 5.41) is 4.61. The lowest BCUT2D eigenvalue weighted by atomic mass is 10.1. The van der Waals surface area contributed by atoms with Crippen LogP contribution in [0.5, 0.6) is 5.75 Å². The van der Waals surface area contributed by atoms with E-state index in [0.29, 0.717) is 11.3 Å². The summed E-state index contributed by atoms with van der Waals surface area (Å²) in [5.41, 5.74) is 4.28. The Balaban J connectivity index is 1.63. The van der Waals surface area contributed by atoms with Gasteiger partial charge >= 0.3 is 0 Å². The second-order valence-corrected chi connectivity index (χ2v) is 7.53. The molecule has 0 bridgehead atoms. The fourth-order valence-electron chi connectivity index (χ4n) is 3.88. The number of fused-ring (bicyclic) bond motifs is 1. The maximum atomic E-state index is 13.0. The van der Waals surface area contributed by atoms with E-state index >= 15 is 0 Å². The van der Waals surface area contributed by atoms with Crippen molar-refractivity contribution in [3.8, 4) is 28.3 Å². The van der Waals surface area contributed by atoms with E-state index in [1.54, 1.807) is 30.1 Å². The zero-order valence-corrected chi connectivity index (χ0v) is 17.2. The average Bonchev–Trinajstić information content (AvgIpc) is 3.28. The van der Waals surface area contributed by atoms with Crippen LogP contribution in [-0.2, 0) is 0 Å². The number of hydrogen-bond acceptors (Lipinski definition) is 6. The molecule has 0 spiro atoms. The first-order valence-electron chi connectivity index (χ1n) is 10.3. The van der Waals surface area contributed by atoms with E-state index in [2.05, 4.69) is 15.1 Å². The van der Waals surface area contributed by atoms with Crippen LogP contribution < -0.4 is 4.74 Å². The number of methoxy groups -OCH3 is 1. The van der Waals surface area contributed by atoms with Gasteiger partial charge in [0.2, 0.25) is 0 Å². The van der Waals surface area contributed by atoms with Crippen LogP contribution in [0.25, 0.3) is 28.2 Å². The van der Waals surface area contributed by atoms with Crippen LogP contribution in [0.2, 0.25) is 0 Å². The summed E-state index contributed by atoms with van der Waals surface area (Å²) in [6.07, 6.45) is 8.18. The molecule has 0 radical (unpaired) electrons. The first-order valence-corrected chi connectivity index (χ1v) is 10.3. The molecule has 0 unspecified atom stereocenters. The number of benzene rings is 1. The molecule has 3 aromatic heterocycles. The van der Waals surface area contributed by atoms with E-state index in [1.807, 2.05) is 35.2 Å². The molecule has 156 valence electrons. The average molecular weight is 414 g/mol. The zero-order valence-electron chi connectivity index (χ0n) is 17.2. The van der Waals surface area contributed by atoms with Gasteiger partial charge in [0.1, 0.15) is 12.1 Å². The molecular formula is C23H22N6O2. The molecule has 1 aromatic carbocycles. The van der Waals surface area contributed by atoms with Crippen LogP contribution >= 0.6 is 0 Å². The monoisotopic (exact) mass is 414 g/mol. The maximum absolute atomic E-state index is 13.0. The summed E-state index contributed by atoms with van der Waals surface area (Å²) >= 11 is 0. The third kappa shape index (κ3) is 3.72. The van der Waals surface area contributed by atoms with Crippen molar-refractivity contribution in [2.75, 3.05) is 20.2 Å². The maximum Gasteiger partial charge on any atom is 0.274 e. The lowest BCUT2D eigenvalue weighted by Crippen LogP contribution is -2.35. The molecule has 0 saturated carbocycles. The number of carbonyl (C=O) groups is 1. The Labute approximate surface area is 179 Å². The molecule has 1 aliphatic rings.